The molecule has 0 aliphatic rings. The number of esters is 1. The van der Waals surface area contributed by atoms with E-state index in [0.717, 1.165) is 24.0 Å². The summed E-state index contributed by atoms with van der Waals surface area (Å²) in [5.41, 5.74) is 8.73. The topological polar surface area (TPSA) is 97.3 Å². The van der Waals surface area contributed by atoms with Gasteiger partial charge >= 0.3 is 5.97 Å². The zero-order valence-corrected chi connectivity index (χ0v) is 20.6. The van der Waals surface area contributed by atoms with E-state index in [9.17, 15) is 9.90 Å². The van der Waals surface area contributed by atoms with Crippen molar-refractivity contribution in [3.63, 3.8) is 0 Å². The van der Waals surface area contributed by atoms with Crippen molar-refractivity contribution < 1.29 is 14.6 Å². The van der Waals surface area contributed by atoms with Gasteiger partial charge in [0.1, 0.15) is 17.1 Å². The van der Waals surface area contributed by atoms with Gasteiger partial charge in [-0.05, 0) is 42.0 Å². The van der Waals surface area contributed by atoms with Gasteiger partial charge in [-0.25, -0.2) is 0 Å². The molecule has 180 valence electrons. The van der Waals surface area contributed by atoms with Gasteiger partial charge in [0.15, 0.2) is 0 Å². The Kier molecular flexibility index (Phi) is 10.4. The summed E-state index contributed by atoms with van der Waals surface area (Å²) in [6.45, 7) is 8.75. The van der Waals surface area contributed by atoms with Crippen molar-refractivity contribution in [3.8, 4) is 5.75 Å². The van der Waals surface area contributed by atoms with Crippen LogP contribution in [0.2, 0.25) is 0 Å². The maximum absolute atomic E-state index is 12.2. The van der Waals surface area contributed by atoms with Crippen LogP contribution in [-0.4, -0.2) is 17.7 Å². The van der Waals surface area contributed by atoms with E-state index < -0.39 is 0 Å². The maximum atomic E-state index is 12.2. The molecule has 6 nitrogen and oxygen atoms in total. The summed E-state index contributed by atoms with van der Waals surface area (Å²) in [5.74, 6) is -0.107. The molecule has 2 aromatic rings. The lowest BCUT2D eigenvalue weighted by atomic mass is 9.84. The lowest BCUT2D eigenvalue weighted by Gasteiger charge is -2.22. The number of aromatic hydroxyl groups is 1. The molecule has 0 aliphatic carbocycles. The zero-order valence-electron chi connectivity index (χ0n) is 20.6. The zero-order chi connectivity index (χ0) is 24.3. The molecule has 0 unspecified atom stereocenters. The average molecular weight is 454 g/mol. The number of para-hydroxylation sites is 1. The van der Waals surface area contributed by atoms with Crippen LogP contribution in [0.5, 0.6) is 5.75 Å². The Morgan fingerprint density at radius 2 is 1.67 bits per heavy atom. The van der Waals surface area contributed by atoms with E-state index in [-0.39, 0.29) is 23.6 Å². The molecule has 0 radical (unpaired) electrons. The minimum absolute atomic E-state index is 0.0927. The molecule has 0 bridgehead atoms. The van der Waals surface area contributed by atoms with Crippen LogP contribution in [0.4, 0.5) is 17.1 Å². The molecule has 2 aromatic carbocycles. The molecular weight excluding hydrogens is 414 g/mol. The highest BCUT2D eigenvalue weighted by Crippen LogP contribution is 2.40. The van der Waals surface area contributed by atoms with Crippen LogP contribution in [0, 0.1) is 0 Å². The van der Waals surface area contributed by atoms with Gasteiger partial charge in [-0.3, -0.25) is 4.79 Å². The smallest absolute Gasteiger partial charge is 0.306 e. The van der Waals surface area contributed by atoms with Crippen LogP contribution in [-0.2, 0) is 21.4 Å². The van der Waals surface area contributed by atoms with Gasteiger partial charge in [0.25, 0.3) is 0 Å². The molecule has 0 heterocycles. The van der Waals surface area contributed by atoms with E-state index in [4.69, 9.17) is 10.5 Å². The van der Waals surface area contributed by atoms with Crippen LogP contribution >= 0.6 is 0 Å². The summed E-state index contributed by atoms with van der Waals surface area (Å²) in [5, 5.41) is 19.3. The monoisotopic (exact) mass is 453 g/mol. The number of azo groups is 1. The van der Waals surface area contributed by atoms with Gasteiger partial charge in [-0.2, -0.15) is 0 Å². The van der Waals surface area contributed by atoms with Gasteiger partial charge in [-0.15, -0.1) is 10.2 Å². The standard InChI is InChI=1S/C27H39N3O3/c1-5-6-7-8-9-12-17-33-25(31)16-15-20-18-21(27(2,3)4)26(32)24(19-20)30-29-23-14-11-10-13-22(23)28/h10-11,13-14,18-19,32H,5-9,12,15-17,28H2,1-4H3. The highest BCUT2D eigenvalue weighted by molar-refractivity contribution is 5.70. The fourth-order valence-corrected chi connectivity index (χ4v) is 3.54. The number of carbonyl (C=O) groups is 1. The van der Waals surface area contributed by atoms with Crippen molar-refractivity contribution >= 4 is 23.0 Å². The van der Waals surface area contributed by atoms with Crippen molar-refractivity contribution in [2.75, 3.05) is 12.3 Å². The first kappa shape index (κ1) is 26.4. The lowest BCUT2D eigenvalue weighted by Crippen LogP contribution is -2.12. The van der Waals surface area contributed by atoms with E-state index in [1.165, 1.54) is 25.7 Å². The summed E-state index contributed by atoms with van der Waals surface area (Å²) in [6, 6.07) is 10.9. The van der Waals surface area contributed by atoms with Crippen LogP contribution in [0.1, 0.15) is 83.8 Å². The molecule has 0 fully saturated rings. The number of anilines is 1. The molecule has 0 saturated carbocycles. The Bertz CT molecular complexity index is 933. The molecule has 0 aromatic heterocycles. The Morgan fingerprint density at radius 1 is 1.00 bits per heavy atom. The second kappa shape index (κ2) is 13.0. The summed E-state index contributed by atoms with van der Waals surface area (Å²) < 4.78 is 5.40. The predicted octanol–water partition coefficient (Wildman–Crippen LogP) is 7.52. The Morgan fingerprint density at radius 3 is 2.36 bits per heavy atom. The van der Waals surface area contributed by atoms with Gasteiger partial charge in [0.05, 0.1) is 12.3 Å². The fraction of sp³-hybridized carbons (Fsp3) is 0.519. The largest absolute Gasteiger partial charge is 0.505 e. The Labute approximate surface area is 198 Å². The SMILES string of the molecule is CCCCCCCCOC(=O)CCc1cc(N=Nc2ccccc2N)c(O)c(C(C)(C)C)c1. The van der Waals surface area contributed by atoms with E-state index >= 15 is 0 Å². The Hall–Kier alpha value is -2.89. The molecule has 6 heteroatoms. The van der Waals surface area contributed by atoms with Crippen LogP contribution in [0.3, 0.4) is 0 Å². The van der Waals surface area contributed by atoms with E-state index in [1.54, 1.807) is 18.2 Å². The van der Waals surface area contributed by atoms with E-state index in [2.05, 4.69) is 17.2 Å². The number of rotatable bonds is 12. The molecule has 33 heavy (non-hydrogen) atoms. The number of aryl methyl sites for hydroxylation is 1. The van der Waals surface area contributed by atoms with Crippen molar-refractivity contribution in [1.29, 1.82) is 0 Å². The quantitative estimate of drug-likeness (QED) is 0.150. The molecule has 0 atom stereocenters. The van der Waals surface area contributed by atoms with Gasteiger partial charge < -0.3 is 15.6 Å². The summed E-state index contributed by atoms with van der Waals surface area (Å²) in [7, 11) is 0. The van der Waals surface area contributed by atoms with Gasteiger partial charge in [-0.1, -0.05) is 78.0 Å². The highest BCUT2D eigenvalue weighted by Gasteiger charge is 2.22. The van der Waals surface area contributed by atoms with Crippen LogP contribution < -0.4 is 5.73 Å². The minimum atomic E-state index is -0.297. The van der Waals surface area contributed by atoms with Crippen molar-refractivity contribution in [2.24, 2.45) is 10.2 Å². The number of phenols is 1. The number of hydrogen-bond acceptors (Lipinski definition) is 6. The third kappa shape index (κ3) is 8.87. The number of ether oxygens (including phenoxy) is 1. The van der Waals surface area contributed by atoms with E-state index in [1.807, 2.05) is 39.0 Å². The first-order valence-electron chi connectivity index (χ1n) is 12.0. The number of nitrogens with two attached hydrogens (primary N) is 1. The van der Waals surface area contributed by atoms with E-state index in [0.29, 0.717) is 30.1 Å². The number of nitrogen functional groups attached to an aromatic ring is 1. The fourth-order valence-electron chi connectivity index (χ4n) is 3.54. The normalized spacial score (nSPS) is 11.8. The molecule has 2 rings (SSSR count). The molecule has 0 spiro atoms. The molecular formula is C27H39N3O3. The first-order chi connectivity index (χ1) is 15.7. The lowest BCUT2D eigenvalue weighted by molar-refractivity contribution is -0.143. The number of benzene rings is 2. The van der Waals surface area contributed by atoms with Gasteiger partial charge in [0, 0.05) is 12.0 Å². The maximum Gasteiger partial charge on any atom is 0.306 e. The van der Waals surface area contributed by atoms with Crippen LogP contribution in [0.25, 0.3) is 0 Å². The van der Waals surface area contributed by atoms with Crippen molar-refractivity contribution in [3.05, 3.63) is 47.5 Å². The first-order valence-corrected chi connectivity index (χ1v) is 12.0. The molecule has 0 aliphatic heterocycles. The Balaban J connectivity index is 2.04. The highest BCUT2D eigenvalue weighted by atomic mass is 16.5. The number of phenolic OH excluding ortho intramolecular Hbond substituents is 1. The third-order valence-electron chi connectivity index (χ3n) is 5.54. The second-order valence-electron chi connectivity index (χ2n) is 9.51. The molecule has 0 amide bonds. The molecule has 0 saturated heterocycles. The molecule has 3 N–H and O–H groups in total. The average Bonchev–Trinajstić information content (AvgIpc) is 2.77. The number of hydrogen-bond donors (Lipinski definition) is 2. The summed E-state index contributed by atoms with van der Waals surface area (Å²) in [4.78, 5) is 12.2. The van der Waals surface area contributed by atoms with Gasteiger partial charge in [0.2, 0.25) is 0 Å². The number of unbranched alkanes of at least 4 members (excludes halogenated alkanes) is 5. The number of nitrogens with zero attached hydrogens (tertiary/aromatic N) is 2. The third-order valence-corrected chi connectivity index (χ3v) is 5.54. The summed E-state index contributed by atoms with van der Waals surface area (Å²) >= 11 is 0. The summed E-state index contributed by atoms with van der Waals surface area (Å²) in [6.07, 6.45) is 7.74. The predicted molar refractivity (Wildman–Crippen MR) is 134 cm³/mol. The van der Waals surface area contributed by atoms with Crippen LogP contribution in [0.15, 0.2) is 46.6 Å². The second-order valence-corrected chi connectivity index (χ2v) is 9.51. The van der Waals surface area contributed by atoms with Crippen molar-refractivity contribution in [2.45, 2.75) is 84.5 Å². The number of carbonyl (C=O) groups excluding carboxylic acids is 1. The van der Waals surface area contributed by atoms with Crippen molar-refractivity contribution in [1.82, 2.24) is 0 Å². The minimum Gasteiger partial charge on any atom is -0.505 e.